The number of nitrogens with zero attached hydrogens (tertiary/aromatic N) is 1. The van der Waals surface area contributed by atoms with Crippen LogP contribution in [0, 0.1) is 11.3 Å². The number of carbonyl (C=O) groups is 1. The van der Waals surface area contributed by atoms with Gasteiger partial charge in [0.2, 0.25) is 0 Å². The Bertz CT molecular complexity index is 994. The number of β-amino-alcohol motifs (C(OH)–C–C–N with tert-alkyl or cyclic N) is 1. The lowest BCUT2D eigenvalue weighted by Crippen LogP contribution is -2.46. The van der Waals surface area contributed by atoms with E-state index in [1.54, 1.807) is 18.2 Å². The molecule has 3 N–H and O–H groups in total. The van der Waals surface area contributed by atoms with E-state index >= 15 is 0 Å². The van der Waals surface area contributed by atoms with Gasteiger partial charge in [0.1, 0.15) is 24.5 Å². The van der Waals surface area contributed by atoms with Crippen molar-refractivity contribution in [3.8, 4) is 11.8 Å². The van der Waals surface area contributed by atoms with Gasteiger partial charge in [-0.05, 0) is 80.3 Å². The molecule has 0 bridgehead atoms. The molecule has 0 amide bonds. The summed E-state index contributed by atoms with van der Waals surface area (Å²) in [6, 6.07) is 13.9. The van der Waals surface area contributed by atoms with Crippen molar-refractivity contribution in [2.24, 2.45) is 0 Å². The van der Waals surface area contributed by atoms with Crippen LogP contribution in [-0.4, -0.2) is 41.0 Å². The first-order valence-corrected chi connectivity index (χ1v) is 11.2. The first-order valence-electron chi connectivity index (χ1n) is 11.2. The Labute approximate surface area is 189 Å². The van der Waals surface area contributed by atoms with Crippen LogP contribution < -0.4 is 10.1 Å². The van der Waals surface area contributed by atoms with E-state index in [-0.39, 0.29) is 18.6 Å². The van der Waals surface area contributed by atoms with Gasteiger partial charge >= 0.3 is 5.97 Å². The molecular weight excluding hydrogens is 404 g/mol. The highest BCUT2D eigenvalue weighted by Gasteiger charge is 2.21. The lowest BCUT2D eigenvalue weighted by Gasteiger charge is -2.28. The van der Waals surface area contributed by atoms with Crippen molar-refractivity contribution in [1.29, 1.82) is 5.26 Å². The highest BCUT2D eigenvalue weighted by Crippen LogP contribution is 2.25. The van der Waals surface area contributed by atoms with E-state index in [2.05, 4.69) is 43.4 Å². The molecule has 1 atom stereocenters. The summed E-state index contributed by atoms with van der Waals surface area (Å²) in [5.41, 5.74) is 5.18. The normalized spacial score (nSPS) is 13.9. The number of carboxylic acids is 1. The van der Waals surface area contributed by atoms with E-state index in [0.29, 0.717) is 24.3 Å². The van der Waals surface area contributed by atoms with Gasteiger partial charge in [0.25, 0.3) is 0 Å². The molecule has 2 aromatic carbocycles. The van der Waals surface area contributed by atoms with Crippen LogP contribution in [0.1, 0.15) is 54.5 Å². The zero-order valence-electron chi connectivity index (χ0n) is 18.9. The molecule has 1 aliphatic rings. The van der Waals surface area contributed by atoms with Crippen LogP contribution in [-0.2, 0) is 30.5 Å². The molecule has 0 heterocycles. The quantitative estimate of drug-likeness (QED) is 0.499. The van der Waals surface area contributed by atoms with Crippen molar-refractivity contribution in [2.45, 2.75) is 64.0 Å². The summed E-state index contributed by atoms with van der Waals surface area (Å²) in [5.74, 6) is -0.507. The number of aliphatic hydroxyl groups excluding tert-OH is 1. The first kappa shape index (κ1) is 23.8. The van der Waals surface area contributed by atoms with Crippen LogP contribution in [0.4, 0.5) is 0 Å². The Kier molecular flexibility index (Phi) is 7.89. The largest absolute Gasteiger partial charge is 0.489 e. The Morgan fingerprint density at radius 1 is 1.19 bits per heavy atom. The lowest BCUT2D eigenvalue weighted by molar-refractivity contribution is -0.136. The van der Waals surface area contributed by atoms with E-state index < -0.39 is 12.1 Å². The van der Waals surface area contributed by atoms with E-state index in [4.69, 9.17) is 9.84 Å². The second-order valence-corrected chi connectivity index (χ2v) is 9.20. The van der Waals surface area contributed by atoms with Gasteiger partial charge in [0.15, 0.2) is 0 Å². The molecule has 0 fully saturated rings. The fourth-order valence-corrected chi connectivity index (χ4v) is 4.13. The second-order valence-electron chi connectivity index (χ2n) is 9.20. The van der Waals surface area contributed by atoms with Crippen LogP contribution in [0.25, 0.3) is 0 Å². The number of ether oxygens (including phenoxy) is 1. The second kappa shape index (κ2) is 10.6. The average Bonchev–Trinajstić information content (AvgIpc) is 3.22. The third-order valence-electron chi connectivity index (χ3n) is 5.85. The van der Waals surface area contributed by atoms with Crippen LogP contribution in [0.3, 0.4) is 0 Å². The van der Waals surface area contributed by atoms with Gasteiger partial charge in [-0.2, -0.15) is 5.26 Å². The maximum absolute atomic E-state index is 10.8. The zero-order valence-corrected chi connectivity index (χ0v) is 18.9. The van der Waals surface area contributed by atoms with Gasteiger partial charge < -0.3 is 20.3 Å². The minimum absolute atomic E-state index is 0.0111. The predicted molar refractivity (Wildman–Crippen MR) is 123 cm³/mol. The van der Waals surface area contributed by atoms with Gasteiger partial charge in [-0.15, -0.1) is 0 Å². The molecule has 0 saturated heterocycles. The molecular formula is C26H32N2O4. The molecule has 3 rings (SSSR count). The molecule has 32 heavy (non-hydrogen) atoms. The molecule has 0 aliphatic heterocycles. The summed E-state index contributed by atoms with van der Waals surface area (Å²) >= 11 is 0. The number of benzene rings is 2. The molecule has 0 aromatic heterocycles. The fraction of sp³-hybridized carbons (Fsp3) is 0.462. The van der Waals surface area contributed by atoms with Crippen molar-refractivity contribution >= 4 is 5.97 Å². The van der Waals surface area contributed by atoms with Crippen LogP contribution in [0.5, 0.6) is 5.75 Å². The monoisotopic (exact) mass is 436 g/mol. The molecule has 2 aromatic rings. The molecule has 1 aliphatic carbocycles. The minimum atomic E-state index is -0.874. The van der Waals surface area contributed by atoms with Crippen molar-refractivity contribution in [3.05, 3.63) is 64.2 Å². The van der Waals surface area contributed by atoms with Crippen LogP contribution in [0.15, 0.2) is 36.4 Å². The SMILES string of the molecule is CC(C)(Cc1ccc2c(c1)CCC2)NC[C@H](O)COc1cc(CCC(=O)O)ccc1C#N. The summed E-state index contributed by atoms with van der Waals surface area (Å²) in [5, 5.41) is 32.0. The number of aliphatic carboxylic acids is 1. The smallest absolute Gasteiger partial charge is 0.303 e. The number of nitrogens with one attached hydrogen (secondary N) is 1. The number of aryl methyl sites for hydroxylation is 3. The number of rotatable bonds is 11. The number of hydrogen-bond acceptors (Lipinski definition) is 5. The van der Waals surface area contributed by atoms with Crippen LogP contribution in [0.2, 0.25) is 0 Å². The molecule has 6 heteroatoms. The summed E-state index contributed by atoms with van der Waals surface area (Å²) in [6.45, 7) is 4.64. The number of carboxylic acid groups (broad SMARTS) is 1. The van der Waals surface area contributed by atoms with Crippen molar-refractivity contribution < 1.29 is 19.7 Å². The summed E-state index contributed by atoms with van der Waals surface area (Å²) < 4.78 is 5.71. The molecule has 6 nitrogen and oxygen atoms in total. The van der Waals surface area contributed by atoms with Gasteiger partial charge in [-0.25, -0.2) is 0 Å². The fourth-order valence-electron chi connectivity index (χ4n) is 4.13. The van der Waals surface area contributed by atoms with E-state index in [0.717, 1.165) is 18.4 Å². The van der Waals surface area contributed by atoms with Crippen molar-refractivity contribution in [2.75, 3.05) is 13.2 Å². The van der Waals surface area contributed by atoms with E-state index in [1.807, 2.05) is 0 Å². The Morgan fingerprint density at radius 3 is 2.69 bits per heavy atom. The summed E-state index contributed by atoms with van der Waals surface area (Å²) in [7, 11) is 0. The number of aliphatic hydroxyl groups is 1. The maximum Gasteiger partial charge on any atom is 0.303 e. The highest BCUT2D eigenvalue weighted by molar-refractivity contribution is 5.67. The first-order chi connectivity index (χ1) is 15.3. The number of fused-ring (bicyclic) bond motifs is 1. The highest BCUT2D eigenvalue weighted by atomic mass is 16.5. The van der Waals surface area contributed by atoms with E-state index in [9.17, 15) is 15.2 Å². The Hall–Kier alpha value is -2.88. The Balaban J connectivity index is 1.51. The lowest BCUT2D eigenvalue weighted by atomic mass is 9.93. The molecule has 0 spiro atoms. The van der Waals surface area contributed by atoms with Gasteiger partial charge in [-0.3, -0.25) is 4.79 Å². The molecule has 0 unspecified atom stereocenters. The predicted octanol–water partition coefficient (Wildman–Crippen LogP) is 3.41. The Morgan fingerprint density at radius 2 is 1.94 bits per heavy atom. The zero-order chi connectivity index (χ0) is 23.1. The topological polar surface area (TPSA) is 103 Å². The summed E-state index contributed by atoms with van der Waals surface area (Å²) in [6.07, 6.45) is 4.06. The number of hydrogen-bond donors (Lipinski definition) is 3. The van der Waals surface area contributed by atoms with Gasteiger partial charge in [0, 0.05) is 18.5 Å². The third-order valence-corrected chi connectivity index (χ3v) is 5.85. The van der Waals surface area contributed by atoms with Gasteiger partial charge in [0.05, 0.1) is 5.56 Å². The molecule has 0 saturated carbocycles. The van der Waals surface area contributed by atoms with Crippen LogP contribution >= 0.6 is 0 Å². The molecule has 0 radical (unpaired) electrons. The van der Waals surface area contributed by atoms with Gasteiger partial charge in [-0.1, -0.05) is 24.3 Å². The maximum atomic E-state index is 10.8. The minimum Gasteiger partial charge on any atom is -0.489 e. The summed E-state index contributed by atoms with van der Waals surface area (Å²) in [4.78, 5) is 10.8. The van der Waals surface area contributed by atoms with Crippen molar-refractivity contribution in [3.63, 3.8) is 0 Å². The number of nitriles is 1. The van der Waals surface area contributed by atoms with E-state index in [1.165, 1.54) is 29.5 Å². The standard InChI is InChI=1S/C26H32N2O4/c1-26(2,14-19-7-9-20-4-3-5-21(20)12-19)28-16-23(29)17-32-24-13-18(8-11-25(30)31)6-10-22(24)15-27/h6-7,9-10,12-13,23,28-29H,3-5,8,11,14,16-17H2,1-2H3,(H,30,31)/t23-/m0/s1. The average molecular weight is 437 g/mol. The molecule has 170 valence electrons. The van der Waals surface area contributed by atoms with Crippen molar-refractivity contribution in [1.82, 2.24) is 5.32 Å². The third kappa shape index (κ3) is 6.81.